The van der Waals surface area contributed by atoms with E-state index in [1.54, 1.807) is 82.6 Å². The van der Waals surface area contributed by atoms with Crippen LogP contribution < -0.4 is 31.9 Å². The van der Waals surface area contributed by atoms with E-state index >= 15 is 0 Å². The average Bonchev–Trinajstić information content (AvgIpc) is 2.28. The first-order chi connectivity index (χ1) is 41.8. The fraction of sp³-hybridized carbons (Fsp3) is 0.349. The van der Waals surface area contributed by atoms with Gasteiger partial charge < -0.3 is 41.2 Å². The highest BCUT2D eigenvalue weighted by atomic mass is 28.3. The van der Waals surface area contributed by atoms with Crippen molar-refractivity contribution < 1.29 is 60.5 Å². The van der Waals surface area contributed by atoms with E-state index in [1.165, 1.54) is 24.7 Å². The van der Waals surface area contributed by atoms with Crippen LogP contribution >= 0.6 is 0 Å². The third kappa shape index (κ3) is 19.0. The Bertz CT molecular complexity index is 3900. The summed E-state index contributed by atoms with van der Waals surface area (Å²) in [6.45, 7) is 20.7. The number of alkyl carbamates (subject to hydrolysis) is 1. The molecule has 0 fully saturated rings. The van der Waals surface area contributed by atoms with Gasteiger partial charge in [-0.1, -0.05) is 69.9 Å². The number of nitrogen functional groups attached to an aromatic ring is 1. The van der Waals surface area contributed by atoms with Gasteiger partial charge in [0.1, 0.15) is 41.1 Å². The first kappa shape index (κ1) is 66.9. The number of aromatic nitrogens is 6. The largest absolute Gasteiger partial charge is 0.450 e. The quantitative estimate of drug-likeness (QED) is 0.0303. The minimum absolute atomic E-state index is 0.0000178. The average molecular weight is 1250 g/mol. The van der Waals surface area contributed by atoms with Crippen molar-refractivity contribution in [2.75, 3.05) is 17.2 Å². The molecule has 21 nitrogen and oxygen atoms in total. The van der Waals surface area contributed by atoms with E-state index in [9.17, 15) is 46.3 Å². The molecule has 0 bridgehead atoms. The van der Waals surface area contributed by atoms with Gasteiger partial charge in [0.15, 0.2) is 29.1 Å². The lowest BCUT2D eigenvalue weighted by molar-refractivity contribution is -0.123. The molecule has 0 unspecified atom stereocenters. The zero-order valence-corrected chi connectivity index (χ0v) is 52.3. The Balaban J connectivity index is 0.000000258. The highest BCUT2D eigenvalue weighted by molar-refractivity contribution is 6.76. The Labute approximate surface area is 512 Å². The fourth-order valence-electron chi connectivity index (χ4n) is 8.80. The minimum Gasteiger partial charge on any atom is -0.450 e. The number of carbonyl (C=O) groups excluding carboxylic acids is 6. The third-order valence-corrected chi connectivity index (χ3v) is 14.9. The second-order valence-corrected chi connectivity index (χ2v) is 30.1. The van der Waals surface area contributed by atoms with Crippen LogP contribution in [0.15, 0.2) is 110 Å². The Morgan fingerprint density at radius 3 is 1.65 bits per heavy atom. The van der Waals surface area contributed by atoms with Crippen LogP contribution in [0.4, 0.5) is 43.6 Å². The first-order valence-electron chi connectivity index (χ1n) is 28.5. The second-order valence-electron chi connectivity index (χ2n) is 24.4. The summed E-state index contributed by atoms with van der Waals surface area (Å²) in [6.07, 6.45) is 1.44. The van der Waals surface area contributed by atoms with E-state index in [4.69, 9.17) is 19.9 Å². The maximum Gasteiger partial charge on any atom is 0.425 e. The van der Waals surface area contributed by atoms with E-state index < -0.39 is 90.6 Å². The SMILES string of the molecule is CC(C)(C)OC(=O)N(C(=O)OC(C)(C)C)c1nccc2cc(CNC(=O)[C@H](Cc3ccc(F)c(F)c3)NC(=O)OCC[Si](C)(C)C)ccc12.CC(C)c1cc(C(=O)N[C@@H](Cc2ccc(F)c(F)c2)C(=O)NCc2ccc3c(N)nccc3c2)nc2ncnn12. The number of carbonyl (C=O) groups is 6. The highest BCUT2D eigenvalue weighted by Crippen LogP contribution is 2.29. The van der Waals surface area contributed by atoms with Crippen LogP contribution in [0.25, 0.3) is 27.3 Å². The van der Waals surface area contributed by atoms with Gasteiger partial charge >= 0.3 is 18.3 Å². The number of imide groups is 1. The number of hydrogen-bond donors (Lipinski definition) is 5. The number of benzene rings is 4. The van der Waals surface area contributed by atoms with E-state index in [0.29, 0.717) is 39.0 Å². The number of fused-ring (bicyclic) bond motifs is 3. The summed E-state index contributed by atoms with van der Waals surface area (Å²) < 4.78 is 72.7. The lowest BCUT2D eigenvalue weighted by Crippen LogP contribution is -2.48. The van der Waals surface area contributed by atoms with Crippen LogP contribution in [-0.2, 0) is 49.7 Å². The van der Waals surface area contributed by atoms with Gasteiger partial charge in [0.2, 0.25) is 11.8 Å². The Hall–Kier alpha value is -9.59. The van der Waals surface area contributed by atoms with E-state index in [0.717, 1.165) is 51.5 Å². The van der Waals surface area contributed by atoms with E-state index in [-0.39, 0.29) is 55.7 Å². The molecular weight excluding hydrogens is 1170 g/mol. The van der Waals surface area contributed by atoms with Crippen LogP contribution in [-0.4, -0.2) is 104 Å². The fourth-order valence-corrected chi connectivity index (χ4v) is 9.51. The zero-order valence-electron chi connectivity index (χ0n) is 51.3. The maximum atomic E-state index is 13.9. The molecule has 0 aliphatic rings. The van der Waals surface area contributed by atoms with Crippen LogP contribution in [0.2, 0.25) is 25.7 Å². The summed E-state index contributed by atoms with van der Waals surface area (Å²) in [7, 11) is -1.48. The zero-order chi connectivity index (χ0) is 65.1. The van der Waals surface area contributed by atoms with Crippen LogP contribution in [0.3, 0.4) is 0 Å². The summed E-state index contributed by atoms with van der Waals surface area (Å²) in [5.41, 5.74) is 6.93. The van der Waals surface area contributed by atoms with Crippen LogP contribution in [0, 0.1) is 23.3 Å². The van der Waals surface area contributed by atoms with Crippen LogP contribution in [0.5, 0.6) is 0 Å². The van der Waals surface area contributed by atoms with Crippen molar-refractivity contribution in [2.45, 2.75) is 136 Å². The number of anilines is 2. The van der Waals surface area contributed by atoms with Gasteiger partial charge in [0.25, 0.3) is 11.7 Å². The van der Waals surface area contributed by atoms with Gasteiger partial charge in [-0.05, 0) is 141 Å². The molecule has 0 saturated carbocycles. The van der Waals surface area contributed by atoms with Crippen molar-refractivity contribution in [3.05, 3.63) is 167 Å². The number of halogens is 4. The van der Waals surface area contributed by atoms with Gasteiger partial charge in [0, 0.05) is 57.2 Å². The summed E-state index contributed by atoms with van der Waals surface area (Å²) in [5.74, 6) is -5.22. The number of rotatable bonds is 18. The van der Waals surface area contributed by atoms with Gasteiger partial charge in [0.05, 0.1) is 12.3 Å². The molecule has 4 heterocycles. The number of pyridine rings is 2. The van der Waals surface area contributed by atoms with Crippen molar-refractivity contribution in [1.29, 1.82) is 0 Å². The second kappa shape index (κ2) is 28.5. The molecule has 4 aromatic carbocycles. The Morgan fingerprint density at radius 1 is 0.629 bits per heavy atom. The molecule has 8 aromatic rings. The van der Waals surface area contributed by atoms with Crippen LogP contribution in [0.1, 0.15) is 99.7 Å². The van der Waals surface area contributed by atoms with Gasteiger partial charge in [-0.2, -0.15) is 15.0 Å². The molecule has 0 spiro atoms. The van der Waals surface area contributed by atoms with E-state index in [2.05, 4.69) is 65.9 Å². The maximum absolute atomic E-state index is 13.9. The summed E-state index contributed by atoms with van der Waals surface area (Å²) in [5, 5.41) is 17.7. The molecule has 4 aromatic heterocycles. The summed E-state index contributed by atoms with van der Waals surface area (Å²) in [4.78, 5) is 96.5. The van der Waals surface area contributed by atoms with E-state index in [1.807, 2.05) is 38.1 Å². The summed E-state index contributed by atoms with van der Waals surface area (Å²) >= 11 is 0. The molecule has 0 saturated heterocycles. The molecule has 0 aliphatic heterocycles. The number of amides is 6. The Morgan fingerprint density at radius 2 is 1.13 bits per heavy atom. The standard InChI is InChI=1S/C35H46F2N4O7Si.C28H26F2N8O2/c1-34(2,3)47-32(44)41(33(45)48-35(4,5)6)29-25-12-10-23(18-24(25)14-15-38-29)21-39-30(42)28(20-22-11-13-26(36)27(37)19-22)40-31(43)46-16-17-49(7,8)9;1-15(2)24-12-23(37-28-34-14-35-38(24)28)27(40)36-22(11-16-4-6-20(29)21(30)10-16)26(39)33-13-17-3-5-19-18(9-17)7-8-32-25(19)31/h10-15,18-19,28H,16-17,20-21H2,1-9H3,(H,39,42)(H,40,43);3-10,12,14-15,22H,11,13H2,1-2H3,(H2,31,32)(H,33,39)(H,36,40)/t28-;22-/m00/s1. The molecule has 6 amide bonds. The number of hydrogen-bond acceptors (Lipinski definition) is 15. The number of nitrogens with one attached hydrogen (secondary N) is 4. The van der Waals surface area contributed by atoms with Gasteiger partial charge in [-0.15, -0.1) is 0 Å². The predicted molar refractivity (Wildman–Crippen MR) is 329 cm³/mol. The molecule has 8 rings (SSSR count). The van der Waals surface area contributed by atoms with Gasteiger partial charge in [-0.3, -0.25) is 14.4 Å². The summed E-state index contributed by atoms with van der Waals surface area (Å²) in [6, 6.07) is 20.7. The van der Waals surface area contributed by atoms with Crippen molar-refractivity contribution in [2.24, 2.45) is 0 Å². The molecule has 89 heavy (non-hydrogen) atoms. The molecule has 0 aliphatic carbocycles. The number of nitrogens with two attached hydrogens (primary N) is 1. The molecular formula is C63H72F4N12O9Si. The number of ether oxygens (including phenoxy) is 3. The normalized spacial score (nSPS) is 12.4. The lowest BCUT2D eigenvalue weighted by Gasteiger charge is -2.28. The predicted octanol–water partition coefficient (Wildman–Crippen LogP) is 10.8. The Kier molecular flexibility index (Phi) is 21.4. The molecule has 470 valence electrons. The van der Waals surface area contributed by atoms with Crippen molar-refractivity contribution in [3.8, 4) is 0 Å². The third-order valence-electron chi connectivity index (χ3n) is 13.2. The van der Waals surface area contributed by atoms with Gasteiger partial charge in [-0.25, -0.2) is 51.4 Å². The molecule has 2 atom stereocenters. The highest BCUT2D eigenvalue weighted by Gasteiger charge is 2.35. The molecule has 0 radical (unpaired) electrons. The van der Waals surface area contributed by atoms with Crippen molar-refractivity contribution >= 4 is 83.0 Å². The molecule has 6 N–H and O–H groups in total. The van der Waals surface area contributed by atoms with Crippen molar-refractivity contribution in [1.82, 2.24) is 50.8 Å². The van der Waals surface area contributed by atoms with Crippen molar-refractivity contribution in [3.63, 3.8) is 0 Å². The smallest absolute Gasteiger partial charge is 0.425 e. The number of nitrogens with zero attached hydrogens (tertiary/aromatic N) is 7. The molecule has 26 heteroatoms. The lowest BCUT2D eigenvalue weighted by atomic mass is 10.0. The minimum atomic E-state index is -1.48. The first-order valence-corrected chi connectivity index (χ1v) is 32.2. The monoisotopic (exact) mass is 1240 g/mol. The topological polar surface area (TPSA) is 276 Å².